The van der Waals surface area contributed by atoms with Crippen LogP contribution in [0.15, 0.2) is 36.5 Å². The highest BCUT2D eigenvalue weighted by Gasteiger charge is 2.13. The van der Waals surface area contributed by atoms with Crippen LogP contribution < -0.4 is 5.73 Å². The van der Waals surface area contributed by atoms with Gasteiger partial charge in [0.05, 0.1) is 19.0 Å². The SMILES string of the molecule is COC(=O)c1ncc(-c2ccccc2)nc1N. The van der Waals surface area contributed by atoms with Gasteiger partial charge in [0.2, 0.25) is 0 Å². The molecule has 1 aromatic heterocycles. The number of aromatic nitrogens is 2. The number of anilines is 1. The number of nitrogens with two attached hydrogens (primary N) is 1. The molecule has 1 heterocycles. The molecule has 0 bridgehead atoms. The molecule has 0 atom stereocenters. The molecule has 2 aromatic rings. The second kappa shape index (κ2) is 4.61. The molecule has 5 heteroatoms. The van der Waals surface area contributed by atoms with Gasteiger partial charge < -0.3 is 10.5 Å². The number of hydrogen-bond donors (Lipinski definition) is 1. The number of nitrogen functional groups attached to an aromatic ring is 1. The van der Waals surface area contributed by atoms with Gasteiger partial charge in [-0.25, -0.2) is 14.8 Å². The van der Waals surface area contributed by atoms with E-state index in [9.17, 15) is 4.79 Å². The van der Waals surface area contributed by atoms with Crippen LogP contribution in [-0.2, 0) is 4.74 Å². The molecule has 0 spiro atoms. The molecule has 2 N–H and O–H groups in total. The summed E-state index contributed by atoms with van der Waals surface area (Å²) in [6.07, 6.45) is 1.50. The van der Waals surface area contributed by atoms with Crippen LogP contribution in [0.4, 0.5) is 5.82 Å². The van der Waals surface area contributed by atoms with E-state index in [1.807, 2.05) is 30.3 Å². The number of methoxy groups -OCH3 is 1. The van der Waals surface area contributed by atoms with E-state index in [1.165, 1.54) is 13.3 Å². The van der Waals surface area contributed by atoms with Crippen molar-refractivity contribution in [1.82, 2.24) is 9.97 Å². The molecule has 2 rings (SSSR count). The molecule has 1 aromatic carbocycles. The first-order valence-electron chi connectivity index (χ1n) is 4.98. The average molecular weight is 229 g/mol. The van der Waals surface area contributed by atoms with E-state index < -0.39 is 5.97 Å². The summed E-state index contributed by atoms with van der Waals surface area (Å²) in [6.45, 7) is 0. The molecular formula is C12H11N3O2. The van der Waals surface area contributed by atoms with Crippen LogP contribution in [0.5, 0.6) is 0 Å². The summed E-state index contributed by atoms with van der Waals surface area (Å²) in [5.74, 6) is -0.521. The van der Waals surface area contributed by atoms with Crippen LogP contribution in [0.3, 0.4) is 0 Å². The van der Waals surface area contributed by atoms with E-state index in [1.54, 1.807) is 0 Å². The number of ether oxygens (including phenoxy) is 1. The Morgan fingerprint density at radius 3 is 2.59 bits per heavy atom. The second-order valence-electron chi connectivity index (χ2n) is 3.35. The zero-order chi connectivity index (χ0) is 12.3. The maximum atomic E-state index is 11.3. The van der Waals surface area contributed by atoms with E-state index in [0.717, 1.165) is 5.56 Å². The van der Waals surface area contributed by atoms with Crippen LogP contribution in [0.1, 0.15) is 10.5 Å². The van der Waals surface area contributed by atoms with Crippen molar-refractivity contribution in [2.24, 2.45) is 0 Å². The molecule has 0 saturated heterocycles. The van der Waals surface area contributed by atoms with Gasteiger partial charge in [-0.15, -0.1) is 0 Å². The first kappa shape index (κ1) is 11.1. The van der Waals surface area contributed by atoms with Crippen LogP contribution >= 0.6 is 0 Å². The predicted octanol–water partition coefficient (Wildman–Crippen LogP) is 1.51. The number of carbonyl (C=O) groups is 1. The van der Waals surface area contributed by atoms with Crippen LogP contribution in [-0.4, -0.2) is 23.0 Å². The molecule has 0 aliphatic carbocycles. The lowest BCUT2D eigenvalue weighted by atomic mass is 10.1. The van der Waals surface area contributed by atoms with E-state index in [4.69, 9.17) is 5.73 Å². The Balaban J connectivity index is 2.41. The first-order valence-corrected chi connectivity index (χ1v) is 4.98. The predicted molar refractivity (Wildman–Crippen MR) is 63.2 cm³/mol. The summed E-state index contributed by atoms with van der Waals surface area (Å²) in [7, 11) is 1.27. The van der Waals surface area contributed by atoms with Gasteiger partial charge in [0.25, 0.3) is 0 Å². The Morgan fingerprint density at radius 1 is 1.29 bits per heavy atom. The molecule has 0 aliphatic rings. The Bertz CT molecular complexity index is 541. The summed E-state index contributed by atoms with van der Waals surface area (Å²) in [5, 5.41) is 0. The largest absolute Gasteiger partial charge is 0.464 e. The minimum absolute atomic E-state index is 0.0344. The summed E-state index contributed by atoms with van der Waals surface area (Å²) in [6, 6.07) is 9.47. The van der Waals surface area contributed by atoms with Crippen LogP contribution in [0.25, 0.3) is 11.3 Å². The fraction of sp³-hybridized carbons (Fsp3) is 0.0833. The van der Waals surface area contributed by atoms with Gasteiger partial charge in [0.1, 0.15) is 0 Å². The summed E-state index contributed by atoms with van der Waals surface area (Å²) in [4.78, 5) is 19.4. The lowest BCUT2D eigenvalue weighted by molar-refractivity contribution is 0.0595. The normalized spacial score (nSPS) is 9.94. The molecule has 0 radical (unpaired) electrons. The van der Waals surface area contributed by atoms with Crippen molar-refractivity contribution >= 4 is 11.8 Å². The average Bonchev–Trinajstić information content (AvgIpc) is 2.39. The molecule has 0 aliphatic heterocycles. The number of rotatable bonds is 2. The van der Waals surface area contributed by atoms with Gasteiger partial charge in [0, 0.05) is 5.56 Å². The van der Waals surface area contributed by atoms with Crippen molar-refractivity contribution in [3.05, 3.63) is 42.2 Å². The van der Waals surface area contributed by atoms with Gasteiger partial charge in [-0.1, -0.05) is 30.3 Å². The molecule has 86 valence electrons. The standard InChI is InChI=1S/C12H11N3O2/c1-17-12(16)10-11(13)15-9(7-14-10)8-5-3-2-4-6-8/h2-7H,1H3,(H2,13,15). The highest BCUT2D eigenvalue weighted by molar-refractivity contribution is 5.92. The molecule has 0 amide bonds. The van der Waals surface area contributed by atoms with Crippen molar-refractivity contribution < 1.29 is 9.53 Å². The molecule has 5 nitrogen and oxygen atoms in total. The number of nitrogens with zero attached hydrogens (tertiary/aromatic N) is 2. The van der Waals surface area contributed by atoms with Gasteiger partial charge in [0.15, 0.2) is 11.5 Å². The number of benzene rings is 1. The fourth-order valence-corrected chi connectivity index (χ4v) is 1.41. The van der Waals surface area contributed by atoms with E-state index >= 15 is 0 Å². The third-order valence-corrected chi connectivity index (χ3v) is 2.25. The monoisotopic (exact) mass is 229 g/mol. The third-order valence-electron chi connectivity index (χ3n) is 2.25. The van der Waals surface area contributed by atoms with E-state index in [0.29, 0.717) is 5.69 Å². The van der Waals surface area contributed by atoms with Gasteiger partial charge >= 0.3 is 5.97 Å². The summed E-state index contributed by atoms with van der Waals surface area (Å²) in [5.41, 5.74) is 7.21. The van der Waals surface area contributed by atoms with Gasteiger partial charge in [-0.05, 0) is 0 Å². The van der Waals surface area contributed by atoms with Crippen molar-refractivity contribution in [3.8, 4) is 11.3 Å². The zero-order valence-electron chi connectivity index (χ0n) is 9.25. The number of esters is 1. The van der Waals surface area contributed by atoms with Crippen molar-refractivity contribution in [2.75, 3.05) is 12.8 Å². The summed E-state index contributed by atoms with van der Waals surface area (Å²) < 4.78 is 4.54. The fourth-order valence-electron chi connectivity index (χ4n) is 1.41. The van der Waals surface area contributed by atoms with Crippen LogP contribution in [0, 0.1) is 0 Å². The highest BCUT2D eigenvalue weighted by atomic mass is 16.5. The third kappa shape index (κ3) is 2.23. The maximum Gasteiger partial charge on any atom is 0.360 e. The minimum atomic E-state index is -0.588. The summed E-state index contributed by atoms with van der Waals surface area (Å²) >= 11 is 0. The number of carbonyl (C=O) groups excluding carboxylic acids is 1. The van der Waals surface area contributed by atoms with Gasteiger partial charge in [-0.2, -0.15) is 0 Å². The van der Waals surface area contributed by atoms with Gasteiger partial charge in [-0.3, -0.25) is 0 Å². The van der Waals surface area contributed by atoms with Crippen molar-refractivity contribution in [2.45, 2.75) is 0 Å². The Hall–Kier alpha value is -2.43. The Morgan fingerprint density at radius 2 is 2.00 bits per heavy atom. The first-order chi connectivity index (χ1) is 8.22. The highest BCUT2D eigenvalue weighted by Crippen LogP contribution is 2.18. The second-order valence-corrected chi connectivity index (χ2v) is 3.35. The van der Waals surface area contributed by atoms with Crippen molar-refractivity contribution in [1.29, 1.82) is 0 Å². The molecule has 0 fully saturated rings. The lowest BCUT2D eigenvalue weighted by Crippen LogP contribution is -2.10. The number of hydrogen-bond acceptors (Lipinski definition) is 5. The van der Waals surface area contributed by atoms with Crippen LogP contribution in [0.2, 0.25) is 0 Å². The molecule has 0 unspecified atom stereocenters. The molecular weight excluding hydrogens is 218 g/mol. The maximum absolute atomic E-state index is 11.3. The van der Waals surface area contributed by atoms with Crippen molar-refractivity contribution in [3.63, 3.8) is 0 Å². The molecule has 17 heavy (non-hydrogen) atoms. The Labute approximate surface area is 98.3 Å². The smallest absolute Gasteiger partial charge is 0.360 e. The minimum Gasteiger partial charge on any atom is -0.464 e. The zero-order valence-corrected chi connectivity index (χ0v) is 9.25. The van der Waals surface area contributed by atoms with E-state index in [-0.39, 0.29) is 11.5 Å². The quantitative estimate of drug-likeness (QED) is 0.790. The lowest BCUT2D eigenvalue weighted by Gasteiger charge is -2.04. The Kier molecular flexibility index (Phi) is 3.00. The topological polar surface area (TPSA) is 78.1 Å². The van der Waals surface area contributed by atoms with E-state index in [2.05, 4.69) is 14.7 Å². The molecule has 0 saturated carbocycles.